The first-order valence-corrected chi connectivity index (χ1v) is 10.9. The molecule has 2 aliphatic rings. The topological polar surface area (TPSA) is 32.3 Å². The summed E-state index contributed by atoms with van der Waals surface area (Å²) in [5.74, 6) is 0.865. The van der Waals surface area contributed by atoms with Crippen LogP contribution in [0.25, 0.3) is 0 Å². The van der Waals surface area contributed by atoms with Crippen LogP contribution in [-0.2, 0) is 12.8 Å². The Balaban J connectivity index is 1.39. The second kappa shape index (κ2) is 8.38. The number of anilines is 1. The monoisotopic (exact) mass is 376 g/mol. The lowest BCUT2D eigenvalue weighted by atomic mass is 9.90. The molecule has 3 nitrogen and oxygen atoms in total. The van der Waals surface area contributed by atoms with Gasteiger partial charge in [-0.05, 0) is 92.3 Å². The van der Waals surface area contributed by atoms with Gasteiger partial charge < -0.3 is 10.2 Å². The summed E-state index contributed by atoms with van der Waals surface area (Å²) in [6.45, 7) is 6.69. The molecular formula is C25H32N2O. The third kappa shape index (κ3) is 4.24. The Morgan fingerprint density at radius 2 is 1.68 bits per heavy atom. The average molecular weight is 377 g/mol. The van der Waals surface area contributed by atoms with Crippen molar-refractivity contribution in [2.45, 2.75) is 58.4 Å². The van der Waals surface area contributed by atoms with E-state index in [1.807, 2.05) is 6.07 Å². The molecule has 2 aromatic carbocycles. The lowest BCUT2D eigenvalue weighted by molar-refractivity contribution is 0.0939. The SMILES string of the molecule is CC1CCN(c2ccc([C@@H](C)NC(=O)c3ccc4c(c3)CCCC4)cc2)CC1. The number of aryl methyl sites for hydroxylation is 2. The molecule has 1 fully saturated rings. The van der Waals surface area contributed by atoms with Gasteiger partial charge in [-0.3, -0.25) is 4.79 Å². The number of hydrogen-bond donors (Lipinski definition) is 1. The Bertz CT molecular complexity index is 819. The first-order chi connectivity index (χ1) is 13.6. The standard InChI is InChI=1S/C25H32N2O/c1-18-13-15-27(16-14-18)24-11-9-20(10-12-24)19(2)26-25(28)23-8-7-21-5-3-4-6-22(21)17-23/h7-12,17-19H,3-6,13-16H2,1-2H3,(H,26,28)/t19-/m1/s1. The molecule has 28 heavy (non-hydrogen) atoms. The van der Waals surface area contributed by atoms with E-state index in [1.165, 1.54) is 42.5 Å². The molecule has 0 saturated carbocycles. The van der Waals surface area contributed by atoms with E-state index in [9.17, 15) is 4.79 Å². The van der Waals surface area contributed by atoms with Crippen molar-refractivity contribution in [3.8, 4) is 0 Å². The number of nitrogens with zero attached hydrogens (tertiary/aromatic N) is 1. The Kier molecular flexibility index (Phi) is 5.70. The van der Waals surface area contributed by atoms with E-state index in [0.29, 0.717) is 0 Å². The summed E-state index contributed by atoms with van der Waals surface area (Å²) in [5, 5.41) is 3.17. The first kappa shape index (κ1) is 19.0. The molecule has 1 heterocycles. The van der Waals surface area contributed by atoms with Gasteiger partial charge in [0.05, 0.1) is 6.04 Å². The number of nitrogens with one attached hydrogen (secondary N) is 1. The highest BCUT2D eigenvalue weighted by atomic mass is 16.1. The van der Waals surface area contributed by atoms with E-state index >= 15 is 0 Å². The zero-order valence-electron chi connectivity index (χ0n) is 17.2. The zero-order valence-corrected chi connectivity index (χ0v) is 17.2. The predicted molar refractivity (Wildman–Crippen MR) is 116 cm³/mol. The van der Waals surface area contributed by atoms with E-state index in [1.54, 1.807) is 0 Å². The van der Waals surface area contributed by atoms with Crippen LogP contribution in [0.5, 0.6) is 0 Å². The molecule has 148 valence electrons. The van der Waals surface area contributed by atoms with E-state index in [0.717, 1.165) is 43.0 Å². The molecule has 0 unspecified atom stereocenters. The highest BCUT2D eigenvalue weighted by Gasteiger charge is 2.18. The van der Waals surface area contributed by atoms with Crippen molar-refractivity contribution in [1.29, 1.82) is 0 Å². The van der Waals surface area contributed by atoms with Gasteiger partial charge in [-0.2, -0.15) is 0 Å². The number of carbonyl (C=O) groups excluding carboxylic acids is 1. The lowest BCUT2D eigenvalue weighted by Crippen LogP contribution is -2.32. The maximum Gasteiger partial charge on any atom is 0.251 e. The van der Waals surface area contributed by atoms with Crippen molar-refractivity contribution in [3.05, 3.63) is 64.7 Å². The molecule has 1 atom stereocenters. The van der Waals surface area contributed by atoms with Gasteiger partial charge in [-0.1, -0.05) is 25.1 Å². The van der Waals surface area contributed by atoms with Gasteiger partial charge in [0.2, 0.25) is 0 Å². The molecule has 3 heteroatoms. The second-order valence-corrected chi connectivity index (χ2v) is 8.65. The summed E-state index contributed by atoms with van der Waals surface area (Å²) >= 11 is 0. The molecule has 1 N–H and O–H groups in total. The van der Waals surface area contributed by atoms with Gasteiger partial charge in [0.25, 0.3) is 5.91 Å². The fourth-order valence-corrected chi connectivity index (χ4v) is 4.48. The minimum Gasteiger partial charge on any atom is -0.372 e. The predicted octanol–water partition coefficient (Wildman–Crippen LogP) is 5.29. The van der Waals surface area contributed by atoms with Gasteiger partial charge in [0.1, 0.15) is 0 Å². The number of amides is 1. The quantitative estimate of drug-likeness (QED) is 0.786. The summed E-state index contributed by atoms with van der Waals surface area (Å²) in [6.07, 6.45) is 7.29. The van der Waals surface area contributed by atoms with Crippen LogP contribution in [0.2, 0.25) is 0 Å². The summed E-state index contributed by atoms with van der Waals surface area (Å²) < 4.78 is 0. The van der Waals surface area contributed by atoms with Crippen molar-refractivity contribution in [1.82, 2.24) is 5.32 Å². The van der Waals surface area contributed by atoms with Gasteiger partial charge >= 0.3 is 0 Å². The molecule has 1 saturated heterocycles. The molecule has 1 amide bonds. The third-order valence-electron chi connectivity index (χ3n) is 6.50. The average Bonchev–Trinajstić information content (AvgIpc) is 2.74. The summed E-state index contributed by atoms with van der Waals surface area (Å²) in [5.41, 5.74) is 6.00. The van der Waals surface area contributed by atoms with Crippen LogP contribution in [-0.4, -0.2) is 19.0 Å². The third-order valence-corrected chi connectivity index (χ3v) is 6.50. The Morgan fingerprint density at radius 3 is 2.39 bits per heavy atom. The van der Waals surface area contributed by atoms with Crippen LogP contribution in [0, 0.1) is 5.92 Å². The second-order valence-electron chi connectivity index (χ2n) is 8.65. The Morgan fingerprint density at radius 1 is 1.00 bits per heavy atom. The van der Waals surface area contributed by atoms with E-state index in [4.69, 9.17) is 0 Å². The van der Waals surface area contributed by atoms with Crippen molar-refractivity contribution >= 4 is 11.6 Å². The van der Waals surface area contributed by atoms with Gasteiger partial charge in [-0.15, -0.1) is 0 Å². The molecular weight excluding hydrogens is 344 g/mol. The van der Waals surface area contributed by atoms with Crippen LogP contribution in [0.3, 0.4) is 0 Å². The van der Waals surface area contributed by atoms with E-state index < -0.39 is 0 Å². The van der Waals surface area contributed by atoms with Crippen molar-refractivity contribution in [2.75, 3.05) is 18.0 Å². The highest BCUT2D eigenvalue weighted by Crippen LogP contribution is 2.25. The number of piperidine rings is 1. The van der Waals surface area contributed by atoms with Gasteiger partial charge in [-0.25, -0.2) is 0 Å². The molecule has 2 aromatic rings. The zero-order chi connectivity index (χ0) is 19.5. The maximum atomic E-state index is 12.7. The molecule has 0 radical (unpaired) electrons. The van der Waals surface area contributed by atoms with E-state index in [2.05, 4.69) is 60.5 Å². The number of rotatable bonds is 4. The lowest BCUT2D eigenvalue weighted by Gasteiger charge is -2.32. The summed E-state index contributed by atoms with van der Waals surface area (Å²) in [7, 11) is 0. The van der Waals surface area contributed by atoms with Crippen molar-refractivity contribution in [3.63, 3.8) is 0 Å². The fraction of sp³-hybridized carbons (Fsp3) is 0.480. The molecule has 1 aliphatic heterocycles. The largest absolute Gasteiger partial charge is 0.372 e. The Labute approximate surface area is 169 Å². The summed E-state index contributed by atoms with van der Waals surface area (Å²) in [6, 6.07) is 14.9. The molecule has 0 bridgehead atoms. The number of fused-ring (bicyclic) bond motifs is 1. The van der Waals surface area contributed by atoms with Crippen molar-refractivity contribution in [2.24, 2.45) is 5.92 Å². The maximum absolute atomic E-state index is 12.7. The molecule has 1 aliphatic carbocycles. The first-order valence-electron chi connectivity index (χ1n) is 10.9. The van der Waals surface area contributed by atoms with Crippen LogP contribution in [0.4, 0.5) is 5.69 Å². The van der Waals surface area contributed by atoms with Gasteiger partial charge in [0, 0.05) is 24.3 Å². The normalized spacial score (nSPS) is 18.4. The van der Waals surface area contributed by atoms with Crippen LogP contribution < -0.4 is 10.2 Å². The van der Waals surface area contributed by atoms with Gasteiger partial charge in [0.15, 0.2) is 0 Å². The van der Waals surface area contributed by atoms with Crippen LogP contribution in [0.15, 0.2) is 42.5 Å². The number of hydrogen-bond acceptors (Lipinski definition) is 2. The molecule has 4 rings (SSSR count). The minimum atomic E-state index is -0.000963. The van der Waals surface area contributed by atoms with Crippen LogP contribution >= 0.6 is 0 Å². The Hall–Kier alpha value is -2.29. The number of carbonyl (C=O) groups is 1. The van der Waals surface area contributed by atoms with Crippen LogP contribution in [0.1, 0.15) is 72.6 Å². The smallest absolute Gasteiger partial charge is 0.251 e. The molecule has 0 aromatic heterocycles. The molecule has 0 spiro atoms. The highest BCUT2D eigenvalue weighted by molar-refractivity contribution is 5.94. The van der Waals surface area contributed by atoms with E-state index in [-0.39, 0.29) is 11.9 Å². The minimum absolute atomic E-state index is 0.000963. The van der Waals surface area contributed by atoms with Crippen molar-refractivity contribution < 1.29 is 4.79 Å². The fourth-order valence-electron chi connectivity index (χ4n) is 4.48. The summed E-state index contributed by atoms with van der Waals surface area (Å²) in [4.78, 5) is 15.2. The number of benzene rings is 2.